The Morgan fingerprint density at radius 3 is 2.79 bits per heavy atom. The second kappa shape index (κ2) is 5.70. The molecule has 0 radical (unpaired) electrons. The fourth-order valence-corrected chi connectivity index (χ4v) is 3.57. The van der Waals surface area contributed by atoms with Crippen molar-refractivity contribution in [2.75, 3.05) is 18.2 Å². The van der Waals surface area contributed by atoms with E-state index in [1.165, 1.54) is 5.56 Å². The summed E-state index contributed by atoms with van der Waals surface area (Å²) in [7, 11) is 0. The molecule has 4 rings (SSSR count). The standard InChI is InChI=1S/C18H18N2O4/c1-12-9-14(5-6-15(12)20(21)22)19-8-2-3-16(19)13-4-7-17-18(10-13)24-11-23-17/h4-7,9-10,16H,2-3,8,11H2,1H3/t16-/m0/s1. The van der Waals surface area contributed by atoms with Gasteiger partial charge in [-0.2, -0.15) is 0 Å². The molecule has 0 saturated carbocycles. The van der Waals surface area contributed by atoms with Crippen LogP contribution in [0.5, 0.6) is 11.5 Å². The van der Waals surface area contributed by atoms with E-state index in [9.17, 15) is 10.1 Å². The molecule has 0 aliphatic carbocycles. The quantitative estimate of drug-likeness (QED) is 0.630. The predicted octanol–water partition coefficient (Wildman–Crippen LogP) is 3.97. The molecule has 2 aromatic rings. The van der Waals surface area contributed by atoms with Gasteiger partial charge in [0.15, 0.2) is 11.5 Å². The SMILES string of the molecule is Cc1cc(N2CCC[C@H]2c2ccc3c(c2)OCO3)ccc1[N+](=O)[O-]. The normalized spacial score (nSPS) is 18.9. The van der Waals surface area contributed by atoms with Crippen LogP contribution < -0.4 is 14.4 Å². The molecule has 6 heteroatoms. The Morgan fingerprint density at radius 2 is 2.00 bits per heavy atom. The van der Waals surface area contributed by atoms with Crippen molar-refractivity contribution < 1.29 is 14.4 Å². The van der Waals surface area contributed by atoms with Crippen molar-refractivity contribution >= 4 is 11.4 Å². The largest absolute Gasteiger partial charge is 0.454 e. The van der Waals surface area contributed by atoms with Crippen LogP contribution in [0.15, 0.2) is 36.4 Å². The summed E-state index contributed by atoms with van der Waals surface area (Å²) in [5.74, 6) is 1.58. The van der Waals surface area contributed by atoms with Crippen LogP contribution in [0.3, 0.4) is 0 Å². The minimum atomic E-state index is -0.335. The lowest BCUT2D eigenvalue weighted by molar-refractivity contribution is -0.385. The first-order chi connectivity index (χ1) is 11.6. The van der Waals surface area contributed by atoms with Crippen molar-refractivity contribution in [1.82, 2.24) is 0 Å². The minimum absolute atomic E-state index is 0.164. The summed E-state index contributed by atoms with van der Waals surface area (Å²) >= 11 is 0. The molecular weight excluding hydrogens is 308 g/mol. The van der Waals surface area contributed by atoms with Crippen molar-refractivity contribution in [2.45, 2.75) is 25.8 Å². The molecule has 1 atom stereocenters. The van der Waals surface area contributed by atoms with Gasteiger partial charge in [0.1, 0.15) is 0 Å². The van der Waals surface area contributed by atoms with Crippen LogP contribution >= 0.6 is 0 Å². The molecule has 2 aromatic carbocycles. The Kier molecular flexibility index (Phi) is 3.52. The molecule has 2 aliphatic heterocycles. The molecule has 124 valence electrons. The maximum absolute atomic E-state index is 11.0. The fourth-order valence-electron chi connectivity index (χ4n) is 3.57. The smallest absolute Gasteiger partial charge is 0.272 e. The topological polar surface area (TPSA) is 64.8 Å². The summed E-state index contributed by atoms with van der Waals surface area (Å²) in [5, 5.41) is 11.0. The monoisotopic (exact) mass is 326 g/mol. The Bertz CT molecular complexity index is 806. The van der Waals surface area contributed by atoms with Crippen molar-refractivity contribution in [2.24, 2.45) is 0 Å². The highest BCUT2D eigenvalue weighted by atomic mass is 16.7. The predicted molar refractivity (Wildman–Crippen MR) is 89.7 cm³/mol. The van der Waals surface area contributed by atoms with Crippen molar-refractivity contribution in [3.63, 3.8) is 0 Å². The zero-order valence-corrected chi connectivity index (χ0v) is 13.4. The Labute approximate surface area is 139 Å². The summed E-state index contributed by atoms with van der Waals surface area (Å²) < 4.78 is 10.9. The maximum Gasteiger partial charge on any atom is 0.272 e. The molecule has 2 aliphatic rings. The number of nitro benzene ring substituents is 1. The zero-order chi connectivity index (χ0) is 16.7. The Hall–Kier alpha value is -2.76. The average molecular weight is 326 g/mol. The number of ether oxygens (including phenoxy) is 2. The highest BCUT2D eigenvalue weighted by Gasteiger charge is 2.28. The van der Waals surface area contributed by atoms with E-state index in [4.69, 9.17) is 9.47 Å². The first-order valence-corrected chi connectivity index (χ1v) is 8.05. The molecule has 1 saturated heterocycles. The number of nitrogens with zero attached hydrogens (tertiary/aromatic N) is 2. The van der Waals surface area contributed by atoms with E-state index in [1.54, 1.807) is 13.0 Å². The average Bonchev–Trinajstić information content (AvgIpc) is 3.22. The molecule has 0 bridgehead atoms. The van der Waals surface area contributed by atoms with Crippen LogP contribution in [-0.4, -0.2) is 18.3 Å². The highest BCUT2D eigenvalue weighted by molar-refractivity contribution is 5.58. The number of aryl methyl sites for hydroxylation is 1. The Balaban J connectivity index is 1.65. The van der Waals surface area contributed by atoms with E-state index >= 15 is 0 Å². The van der Waals surface area contributed by atoms with E-state index in [1.807, 2.05) is 24.3 Å². The molecule has 24 heavy (non-hydrogen) atoms. The number of rotatable bonds is 3. The third kappa shape index (κ3) is 2.44. The van der Waals surface area contributed by atoms with Crippen LogP contribution in [0.2, 0.25) is 0 Å². The molecular formula is C18H18N2O4. The van der Waals surface area contributed by atoms with E-state index in [0.29, 0.717) is 5.56 Å². The van der Waals surface area contributed by atoms with Gasteiger partial charge >= 0.3 is 0 Å². The highest BCUT2D eigenvalue weighted by Crippen LogP contribution is 2.41. The van der Waals surface area contributed by atoms with Gasteiger partial charge in [-0.05, 0) is 49.6 Å². The van der Waals surface area contributed by atoms with Gasteiger partial charge in [0.25, 0.3) is 5.69 Å². The number of nitro groups is 1. The first kappa shape index (κ1) is 14.8. The van der Waals surface area contributed by atoms with Crippen LogP contribution in [0.25, 0.3) is 0 Å². The lowest BCUT2D eigenvalue weighted by Gasteiger charge is -2.27. The number of fused-ring (bicyclic) bond motifs is 1. The summed E-state index contributed by atoms with van der Waals surface area (Å²) in [6.45, 7) is 3.00. The summed E-state index contributed by atoms with van der Waals surface area (Å²) in [6.07, 6.45) is 2.14. The van der Waals surface area contributed by atoms with Crippen molar-refractivity contribution in [1.29, 1.82) is 0 Å². The molecule has 6 nitrogen and oxygen atoms in total. The number of anilines is 1. The van der Waals surface area contributed by atoms with Crippen LogP contribution in [0, 0.1) is 17.0 Å². The first-order valence-electron chi connectivity index (χ1n) is 8.05. The number of benzene rings is 2. The second-order valence-corrected chi connectivity index (χ2v) is 6.19. The van der Waals surface area contributed by atoms with E-state index in [2.05, 4.69) is 11.0 Å². The molecule has 0 unspecified atom stereocenters. The lowest BCUT2D eigenvalue weighted by Crippen LogP contribution is -2.22. The van der Waals surface area contributed by atoms with E-state index in [-0.39, 0.29) is 23.4 Å². The van der Waals surface area contributed by atoms with Crippen molar-refractivity contribution in [3.05, 3.63) is 57.6 Å². The van der Waals surface area contributed by atoms with E-state index in [0.717, 1.165) is 36.6 Å². The number of hydrogen-bond acceptors (Lipinski definition) is 5. The maximum atomic E-state index is 11.0. The molecule has 0 amide bonds. The minimum Gasteiger partial charge on any atom is -0.454 e. The van der Waals surface area contributed by atoms with Gasteiger partial charge in [0.05, 0.1) is 11.0 Å². The van der Waals surface area contributed by atoms with Gasteiger partial charge in [0.2, 0.25) is 6.79 Å². The van der Waals surface area contributed by atoms with Crippen LogP contribution in [0.4, 0.5) is 11.4 Å². The fraction of sp³-hybridized carbons (Fsp3) is 0.333. The van der Waals surface area contributed by atoms with Gasteiger partial charge in [-0.25, -0.2) is 0 Å². The molecule has 1 fully saturated rings. The van der Waals surface area contributed by atoms with Gasteiger partial charge in [-0.3, -0.25) is 10.1 Å². The van der Waals surface area contributed by atoms with E-state index < -0.39 is 0 Å². The zero-order valence-electron chi connectivity index (χ0n) is 13.4. The lowest BCUT2D eigenvalue weighted by atomic mass is 10.0. The van der Waals surface area contributed by atoms with Gasteiger partial charge in [0, 0.05) is 23.9 Å². The van der Waals surface area contributed by atoms with Gasteiger partial charge in [-0.15, -0.1) is 0 Å². The number of hydrogen-bond donors (Lipinski definition) is 0. The molecule has 0 aromatic heterocycles. The van der Waals surface area contributed by atoms with Crippen LogP contribution in [-0.2, 0) is 0 Å². The van der Waals surface area contributed by atoms with Crippen LogP contribution in [0.1, 0.15) is 30.0 Å². The second-order valence-electron chi connectivity index (χ2n) is 6.19. The van der Waals surface area contributed by atoms with Gasteiger partial charge < -0.3 is 14.4 Å². The molecule has 0 spiro atoms. The molecule has 0 N–H and O–H groups in total. The summed E-state index contributed by atoms with van der Waals surface area (Å²) in [5.41, 5.74) is 3.07. The summed E-state index contributed by atoms with van der Waals surface area (Å²) in [6, 6.07) is 11.7. The van der Waals surface area contributed by atoms with Gasteiger partial charge in [-0.1, -0.05) is 6.07 Å². The summed E-state index contributed by atoms with van der Waals surface area (Å²) in [4.78, 5) is 13.0. The third-order valence-corrected chi connectivity index (χ3v) is 4.74. The third-order valence-electron chi connectivity index (χ3n) is 4.74. The Morgan fingerprint density at radius 1 is 1.17 bits per heavy atom. The molecule has 2 heterocycles. The van der Waals surface area contributed by atoms with Crippen molar-refractivity contribution in [3.8, 4) is 11.5 Å².